The number of carbonyl (C=O) groups excluding carboxylic acids is 1. The molecule has 0 atom stereocenters. The quantitative estimate of drug-likeness (QED) is 0.729. The van der Waals surface area contributed by atoms with Gasteiger partial charge in [0.2, 0.25) is 0 Å². The van der Waals surface area contributed by atoms with Gasteiger partial charge in [0.15, 0.2) is 11.5 Å². The van der Waals surface area contributed by atoms with Gasteiger partial charge in [-0.3, -0.25) is 4.79 Å². The highest BCUT2D eigenvalue weighted by Crippen LogP contribution is 2.30. The van der Waals surface area contributed by atoms with Crippen LogP contribution in [0.15, 0.2) is 52.9 Å². The summed E-state index contributed by atoms with van der Waals surface area (Å²) in [7, 11) is 1.62. The van der Waals surface area contributed by atoms with E-state index in [0.717, 1.165) is 11.1 Å². The molecule has 0 aliphatic carbocycles. The zero-order valence-electron chi connectivity index (χ0n) is 14.2. The first kappa shape index (κ1) is 15.6. The number of para-hydroxylation sites is 3. The first-order chi connectivity index (χ1) is 12.2. The Hall–Kier alpha value is -2.95. The number of aryl methyl sites for hydroxylation is 1. The molecule has 128 valence electrons. The van der Waals surface area contributed by atoms with E-state index in [9.17, 15) is 4.79 Å². The maximum absolute atomic E-state index is 12.8. The third-order valence-corrected chi connectivity index (χ3v) is 4.40. The van der Waals surface area contributed by atoms with Crippen molar-refractivity contribution < 1.29 is 18.7 Å². The van der Waals surface area contributed by atoms with Crippen LogP contribution in [0.1, 0.15) is 16.1 Å². The largest absolute Gasteiger partial charge is 0.493 e. The number of methoxy groups -OCH3 is 1. The van der Waals surface area contributed by atoms with Crippen molar-refractivity contribution >= 4 is 16.9 Å². The Bertz CT molecular complexity index is 924. The van der Waals surface area contributed by atoms with Crippen molar-refractivity contribution in [3.8, 4) is 11.5 Å². The molecule has 5 heteroatoms. The minimum Gasteiger partial charge on any atom is -0.493 e. The van der Waals surface area contributed by atoms with Crippen molar-refractivity contribution in [2.45, 2.75) is 13.0 Å². The van der Waals surface area contributed by atoms with Gasteiger partial charge in [0.25, 0.3) is 5.91 Å². The van der Waals surface area contributed by atoms with E-state index in [0.29, 0.717) is 35.7 Å². The second kappa shape index (κ2) is 6.16. The fourth-order valence-corrected chi connectivity index (χ4v) is 3.10. The van der Waals surface area contributed by atoms with Crippen molar-refractivity contribution in [2.75, 3.05) is 20.2 Å². The highest BCUT2D eigenvalue weighted by molar-refractivity contribution is 6.05. The van der Waals surface area contributed by atoms with E-state index in [1.807, 2.05) is 55.5 Å². The van der Waals surface area contributed by atoms with Crippen molar-refractivity contribution in [1.29, 1.82) is 0 Å². The highest BCUT2D eigenvalue weighted by Gasteiger charge is 2.34. The number of fused-ring (bicyclic) bond motifs is 1. The zero-order chi connectivity index (χ0) is 17.4. The predicted octanol–water partition coefficient (Wildman–Crippen LogP) is 3.65. The van der Waals surface area contributed by atoms with Gasteiger partial charge in [0, 0.05) is 5.39 Å². The van der Waals surface area contributed by atoms with Crippen LogP contribution in [-0.2, 0) is 0 Å². The standard InChI is InChI=1S/C20H19NO4/c1-13-10-14-6-5-7-16(19(14)24-13)20(22)21-11-15(12-21)25-18-9-4-3-8-17(18)23-2/h3-10,15H,11-12H2,1-2H3. The Kier molecular flexibility index (Phi) is 3.84. The van der Waals surface area contributed by atoms with Gasteiger partial charge in [-0.1, -0.05) is 24.3 Å². The lowest BCUT2D eigenvalue weighted by Crippen LogP contribution is -2.56. The molecule has 4 rings (SSSR count). The molecule has 1 aromatic heterocycles. The van der Waals surface area contributed by atoms with E-state index in [-0.39, 0.29) is 12.0 Å². The van der Waals surface area contributed by atoms with Crippen LogP contribution in [0.4, 0.5) is 0 Å². The number of hydrogen-bond acceptors (Lipinski definition) is 4. The molecule has 1 aliphatic heterocycles. The summed E-state index contributed by atoms with van der Waals surface area (Å²) < 4.78 is 16.9. The van der Waals surface area contributed by atoms with Crippen LogP contribution in [0.25, 0.3) is 11.0 Å². The fourth-order valence-electron chi connectivity index (χ4n) is 3.10. The normalized spacial score (nSPS) is 14.4. The Morgan fingerprint density at radius 2 is 1.88 bits per heavy atom. The topological polar surface area (TPSA) is 51.9 Å². The number of likely N-dealkylation sites (tertiary alicyclic amines) is 1. The molecular formula is C20H19NO4. The average molecular weight is 337 g/mol. The monoisotopic (exact) mass is 337 g/mol. The van der Waals surface area contributed by atoms with Gasteiger partial charge in [-0.05, 0) is 31.2 Å². The minimum atomic E-state index is -0.0298. The molecule has 0 N–H and O–H groups in total. The summed E-state index contributed by atoms with van der Waals surface area (Å²) in [6.45, 7) is 2.98. The highest BCUT2D eigenvalue weighted by atomic mass is 16.5. The number of furan rings is 1. The molecule has 1 aliphatic rings. The Labute approximate surface area is 145 Å². The van der Waals surface area contributed by atoms with E-state index in [4.69, 9.17) is 13.9 Å². The molecule has 2 heterocycles. The second-order valence-electron chi connectivity index (χ2n) is 6.18. The number of carbonyl (C=O) groups is 1. The molecule has 0 saturated carbocycles. The molecule has 0 spiro atoms. The zero-order valence-corrected chi connectivity index (χ0v) is 14.2. The van der Waals surface area contributed by atoms with E-state index < -0.39 is 0 Å². The van der Waals surface area contributed by atoms with Crippen LogP contribution >= 0.6 is 0 Å². The lowest BCUT2D eigenvalue weighted by molar-refractivity contribution is 0.0169. The molecule has 25 heavy (non-hydrogen) atoms. The predicted molar refractivity (Wildman–Crippen MR) is 94.3 cm³/mol. The second-order valence-corrected chi connectivity index (χ2v) is 6.18. The SMILES string of the molecule is COc1ccccc1OC1CN(C(=O)c2cccc3cc(C)oc23)C1. The maximum atomic E-state index is 12.8. The number of rotatable bonds is 4. The maximum Gasteiger partial charge on any atom is 0.257 e. The molecule has 0 bridgehead atoms. The van der Waals surface area contributed by atoms with Crippen LogP contribution in [-0.4, -0.2) is 37.1 Å². The molecule has 1 amide bonds. The summed E-state index contributed by atoms with van der Waals surface area (Å²) in [5.41, 5.74) is 1.25. The number of nitrogens with zero attached hydrogens (tertiary/aromatic N) is 1. The Balaban J connectivity index is 1.45. The summed E-state index contributed by atoms with van der Waals surface area (Å²) in [4.78, 5) is 14.5. The van der Waals surface area contributed by atoms with E-state index in [1.165, 1.54) is 0 Å². The molecule has 1 fully saturated rings. The van der Waals surface area contributed by atoms with Gasteiger partial charge in [-0.2, -0.15) is 0 Å². The lowest BCUT2D eigenvalue weighted by atomic mass is 10.1. The summed E-state index contributed by atoms with van der Waals surface area (Å²) in [5.74, 6) is 2.17. The molecule has 2 aromatic carbocycles. The van der Waals surface area contributed by atoms with Crippen LogP contribution in [0, 0.1) is 6.92 Å². The molecule has 3 aromatic rings. The summed E-state index contributed by atoms with van der Waals surface area (Å²) in [6, 6.07) is 15.1. The van der Waals surface area contributed by atoms with Crippen molar-refractivity contribution in [2.24, 2.45) is 0 Å². The van der Waals surface area contributed by atoms with Gasteiger partial charge in [0.1, 0.15) is 17.4 Å². The van der Waals surface area contributed by atoms with Gasteiger partial charge in [-0.15, -0.1) is 0 Å². The van der Waals surface area contributed by atoms with Crippen LogP contribution in [0.2, 0.25) is 0 Å². The number of amides is 1. The first-order valence-electron chi connectivity index (χ1n) is 8.24. The fraction of sp³-hybridized carbons (Fsp3) is 0.250. The molecule has 0 unspecified atom stereocenters. The molecule has 0 radical (unpaired) electrons. The van der Waals surface area contributed by atoms with Gasteiger partial charge < -0.3 is 18.8 Å². The molecule has 1 saturated heterocycles. The number of benzene rings is 2. The Morgan fingerprint density at radius 1 is 1.12 bits per heavy atom. The van der Waals surface area contributed by atoms with Crippen molar-refractivity contribution in [1.82, 2.24) is 4.90 Å². The van der Waals surface area contributed by atoms with Gasteiger partial charge in [-0.25, -0.2) is 0 Å². The number of ether oxygens (including phenoxy) is 2. The smallest absolute Gasteiger partial charge is 0.257 e. The van der Waals surface area contributed by atoms with Crippen LogP contribution < -0.4 is 9.47 Å². The van der Waals surface area contributed by atoms with Crippen molar-refractivity contribution in [3.63, 3.8) is 0 Å². The average Bonchev–Trinajstić information content (AvgIpc) is 2.97. The third kappa shape index (κ3) is 2.82. The van der Waals surface area contributed by atoms with E-state index in [1.54, 1.807) is 12.0 Å². The summed E-state index contributed by atoms with van der Waals surface area (Å²) >= 11 is 0. The molecule has 5 nitrogen and oxygen atoms in total. The minimum absolute atomic E-state index is 0.0279. The van der Waals surface area contributed by atoms with Gasteiger partial charge >= 0.3 is 0 Å². The van der Waals surface area contributed by atoms with E-state index in [2.05, 4.69) is 0 Å². The lowest BCUT2D eigenvalue weighted by Gasteiger charge is -2.39. The molecular weight excluding hydrogens is 318 g/mol. The van der Waals surface area contributed by atoms with Gasteiger partial charge in [0.05, 0.1) is 25.8 Å². The van der Waals surface area contributed by atoms with Crippen LogP contribution in [0.5, 0.6) is 11.5 Å². The summed E-state index contributed by atoms with van der Waals surface area (Å²) in [6.07, 6.45) is -0.0298. The van der Waals surface area contributed by atoms with Crippen molar-refractivity contribution in [3.05, 3.63) is 59.9 Å². The third-order valence-electron chi connectivity index (χ3n) is 4.40. The first-order valence-corrected chi connectivity index (χ1v) is 8.24. The van der Waals surface area contributed by atoms with Crippen LogP contribution in [0.3, 0.4) is 0 Å². The number of hydrogen-bond donors (Lipinski definition) is 0. The van der Waals surface area contributed by atoms with E-state index >= 15 is 0 Å². The summed E-state index contributed by atoms with van der Waals surface area (Å²) in [5, 5.41) is 0.950. The Morgan fingerprint density at radius 3 is 2.64 bits per heavy atom.